The minimum Gasteiger partial charge on any atom is -0.493 e. The lowest BCUT2D eigenvalue weighted by molar-refractivity contribution is -0.138. The van der Waals surface area contributed by atoms with Crippen LogP contribution in [0.2, 0.25) is 0 Å². The third kappa shape index (κ3) is 5.53. The largest absolute Gasteiger partial charge is 0.493 e. The van der Waals surface area contributed by atoms with Crippen LogP contribution in [0.4, 0.5) is 18.0 Å². The molecule has 3 aromatic rings. The number of carbonyl (C=O) groups is 2. The summed E-state index contributed by atoms with van der Waals surface area (Å²) in [7, 11) is 1.39. The van der Waals surface area contributed by atoms with Gasteiger partial charge < -0.3 is 19.3 Å². The zero-order valence-electron chi connectivity index (χ0n) is 20.9. The van der Waals surface area contributed by atoms with Crippen molar-refractivity contribution in [1.82, 2.24) is 4.90 Å². The average Bonchev–Trinajstić information content (AvgIpc) is 3.17. The van der Waals surface area contributed by atoms with Crippen molar-refractivity contribution in [3.63, 3.8) is 0 Å². The minimum absolute atomic E-state index is 0.0552. The number of aliphatic carboxylic acids is 1. The number of ether oxygens (including phenoxy) is 3. The Bertz CT molecular complexity index is 1330. The van der Waals surface area contributed by atoms with Crippen LogP contribution in [0.3, 0.4) is 0 Å². The van der Waals surface area contributed by atoms with Crippen molar-refractivity contribution >= 4 is 12.1 Å². The number of amides is 1. The van der Waals surface area contributed by atoms with E-state index in [1.165, 1.54) is 37.1 Å². The number of halogens is 3. The van der Waals surface area contributed by atoms with Crippen molar-refractivity contribution < 1.29 is 42.1 Å². The number of carboxylic acids is 1. The van der Waals surface area contributed by atoms with Gasteiger partial charge in [0.15, 0.2) is 11.5 Å². The third-order valence-corrected chi connectivity index (χ3v) is 6.53. The summed E-state index contributed by atoms with van der Waals surface area (Å²) in [5, 5.41) is 9.38. The van der Waals surface area contributed by atoms with E-state index in [0.29, 0.717) is 5.56 Å². The zero-order valence-corrected chi connectivity index (χ0v) is 20.9. The number of nitrogens with zero attached hydrogens (tertiary/aromatic N) is 1. The summed E-state index contributed by atoms with van der Waals surface area (Å²) in [5.74, 6) is -1.47. The summed E-state index contributed by atoms with van der Waals surface area (Å²) in [6, 6.07) is 16.2. The van der Waals surface area contributed by atoms with Crippen LogP contribution in [0.1, 0.15) is 48.1 Å². The summed E-state index contributed by atoms with van der Waals surface area (Å²) in [5.41, 5.74) is 0.380. The van der Waals surface area contributed by atoms with Gasteiger partial charge in [-0.05, 0) is 55.3 Å². The van der Waals surface area contributed by atoms with Crippen molar-refractivity contribution in [1.29, 1.82) is 0 Å². The van der Waals surface area contributed by atoms with Crippen LogP contribution in [0.25, 0.3) is 0 Å². The maximum Gasteiger partial charge on any atom is 0.416 e. The zero-order chi connectivity index (χ0) is 27.6. The molecule has 1 aliphatic rings. The van der Waals surface area contributed by atoms with E-state index < -0.39 is 41.9 Å². The van der Waals surface area contributed by atoms with Crippen molar-refractivity contribution in [3.8, 4) is 17.2 Å². The third-order valence-electron chi connectivity index (χ3n) is 6.53. The highest BCUT2D eigenvalue weighted by Crippen LogP contribution is 2.40. The molecule has 0 aliphatic carbocycles. The highest BCUT2D eigenvalue weighted by molar-refractivity contribution is 5.76. The van der Waals surface area contributed by atoms with Gasteiger partial charge >= 0.3 is 18.2 Å². The highest BCUT2D eigenvalue weighted by Gasteiger charge is 2.40. The van der Waals surface area contributed by atoms with Gasteiger partial charge in [0.2, 0.25) is 0 Å². The number of cyclic esters (lactones) is 1. The number of methoxy groups -OCH3 is 1. The Labute approximate surface area is 217 Å². The van der Waals surface area contributed by atoms with Gasteiger partial charge in [0, 0.05) is 5.56 Å². The van der Waals surface area contributed by atoms with Crippen LogP contribution in [0.5, 0.6) is 17.2 Å². The molecular weight excluding hydrogens is 503 g/mol. The van der Waals surface area contributed by atoms with E-state index in [0.717, 1.165) is 17.7 Å². The van der Waals surface area contributed by atoms with Crippen LogP contribution < -0.4 is 9.47 Å². The fourth-order valence-electron chi connectivity index (χ4n) is 4.27. The molecule has 3 unspecified atom stereocenters. The van der Waals surface area contributed by atoms with Gasteiger partial charge in [0.25, 0.3) is 0 Å². The summed E-state index contributed by atoms with van der Waals surface area (Å²) in [6.45, 7) is 3.05. The van der Waals surface area contributed by atoms with Crippen LogP contribution in [-0.4, -0.2) is 35.2 Å². The molecule has 0 saturated carbocycles. The Hall–Kier alpha value is -4.21. The lowest BCUT2D eigenvalue weighted by Gasteiger charge is -2.23. The molecular formula is C28H26F3NO6. The number of benzene rings is 3. The second-order valence-electron chi connectivity index (χ2n) is 8.98. The molecule has 200 valence electrons. The normalized spacial score (nSPS) is 18.2. The number of rotatable bonds is 8. The second kappa shape index (κ2) is 10.6. The van der Waals surface area contributed by atoms with Gasteiger partial charge in [-0.3, -0.25) is 9.69 Å². The molecule has 38 heavy (non-hydrogen) atoms. The predicted molar refractivity (Wildman–Crippen MR) is 131 cm³/mol. The van der Waals surface area contributed by atoms with E-state index in [9.17, 15) is 27.9 Å². The first-order chi connectivity index (χ1) is 18.0. The first-order valence-corrected chi connectivity index (χ1v) is 11.8. The maximum absolute atomic E-state index is 13.6. The van der Waals surface area contributed by atoms with Crippen LogP contribution in [0.15, 0.2) is 66.7 Å². The molecule has 0 bridgehead atoms. The smallest absolute Gasteiger partial charge is 0.416 e. The van der Waals surface area contributed by atoms with E-state index in [2.05, 4.69) is 0 Å². The van der Waals surface area contributed by atoms with E-state index in [1.54, 1.807) is 13.0 Å². The van der Waals surface area contributed by atoms with Gasteiger partial charge in [-0.2, -0.15) is 13.2 Å². The van der Waals surface area contributed by atoms with Crippen LogP contribution in [0, 0.1) is 0 Å². The van der Waals surface area contributed by atoms with Gasteiger partial charge in [0.05, 0.1) is 31.2 Å². The monoisotopic (exact) mass is 529 g/mol. The molecule has 7 nitrogen and oxygen atoms in total. The van der Waals surface area contributed by atoms with E-state index in [-0.39, 0.29) is 29.4 Å². The van der Waals surface area contributed by atoms with E-state index in [4.69, 9.17) is 14.2 Å². The summed E-state index contributed by atoms with van der Waals surface area (Å²) in [4.78, 5) is 25.6. The molecule has 1 fully saturated rings. The first-order valence-electron chi connectivity index (χ1n) is 11.8. The summed E-state index contributed by atoms with van der Waals surface area (Å²) in [6.07, 6.45) is -5.87. The molecule has 0 spiro atoms. The number of carboxylic acid groups (broad SMARTS) is 1. The lowest BCUT2D eigenvalue weighted by Crippen LogP contribution is -2.31. The van der Waals surface area contributed by atoms with Crippen molar-refractivity contribution in [2.45, 2.75) is 44.6 Å². The molecule has 1 saturated heterocycles. The second-order valence-corrected chi connectivity index (χ2v) is 8.98. The molecule has 1 heterocycles. The standard InChI is InChI=1S/C28H26F3NO6/c1-16(26(33)34)19-9-11-23(36-3)24(14-19)37-22-12-10-21(28(29,30)31)13-20(22)15-32-17(2)25(38-27(32)35)18-7-5-4-6-8-18/h4-14,16-17,25H,15H2,1-3H3,(H,33,34). The molecule has 1 N–H and O–H groups in total. The van der Waals surface area contributed by atoms with Crippen molar-refractivity contribution in [2.24, 2.45) is 0 Å². The fourth-order valence-corrected chi connectivity index (χ4v) is 4.27. The van der Waals surface area contributed by atoms with Crippen LogP contribution in [-0.2, 0) is 22.3 Å². The van der Waals surface area contributed by atoms with Crippen molar-refractivity contribution in [3.05, 3.63) is 89.0 Å². The SMILES string of the molecule is COc1ccc(C(C)C(=O)O)cc1Oc1ccc(C(F)(F)F)cc1CN1C(=O)OC(c2ccccc2)C1C. The Morgan fingerprint density at radius 1 is 1.05 bits per heavy atom. The summed E-state index contributed by atoms with van der Waals surface area (Å²) < 4.78 is 57.6. The lowest BCUT2D eigenvalue weighted by atomic mass is 10.0. The topological polar surface area (TPSA) is 85.3 Å². The highest BCUT2D eigenvalue weighted by atomic mass is 19.4. The Kier molecular flexibility index (Phi) is 7.52. The van der Waals surface area contributed by atoms with Gasteiger partial charge in [-0.25, -0.2) is 4.79 Å². The quantitative estimate of drug-likeness (QED) is 0.346. The van der Waals surface area contributed by atoms with Gasteiger partial charge in [0.1, 0.15) is 11.9 Å². The number of hydrogen-bond donors (Lipinski definition) is 1. The number of hydrogen-bond acceptors (Lipinski definition) is 5. The molecule has 1 amide bonds. The van der Waals surface area contributed by atoms with Gasteiger partial charge in [-0.15, -0.1) is 0 Å². The minimum atomic E-state index is -4.62. The molecule has 4 rings (SSSR count). The molecule has 10 heteroatoms. The Morgan fingerprint density at radius 2 is 1.74 bits per heavy atom. The number of carbonyl (C=O) groups excluding carboxylic acids is 1. The average molecular weight is 530 g/mol. The Morgan fingerprint density at radius 3 is 2.37 bits per heavy atom. The molecule has 0 radical (unpaired) electrons. The number of alkyl halides is 3. The van der Waals surface area contributed by atoms with Crippen molar-refractivity contribution in [2.75, 3.05) is 7.11 Å². The predicted octanol–water partition coefficient (Wildman–Crippen LogP) is 6.78. The van der Waals surface area contributed by atoms with Gasteiger partial charge in [-0.1, -0.05) is 36.4 Å². The summed E-state index contributed by atoms with van der Waals surface area (Å²) >= 11 is 0. The van der Waals surface area contributed by atoms with E-state index >= 15 is 0 Å². The molecule has 1 aliphatic heterocycles. The molecule has 3 aromatic carbocycles. The first kappa shape index (κ1) is 26.8. The maximum atomic E-state index is 13.6. The van der Waals surface area contributed by atoms with E-state index in [1.807, 2.05) is 30.3 Å². The van der Waals surface area contributed by atoms with Crippen LogP contribution >= 0.6 is 0 Å². The Balaban J connectivity index is 1.70. The molecule has 3 atom stereocenters. The fraction of sp³-hybridized carbons (Fsp3) is 0.286. The molecule has 0 aromatic heterocycles.